The monoisotopic (exact) mass is 518 g/mol. The van der Waals surface area contributed by atoms with Crippen molar-refractivity contribution in [3.63, 3.8) is 0 Å². The van der Waals surface area contributed by atoms with E-state index >= 15 is 0 Å². The van der Waals surface area contributed by atoms with Gasteiger partial charge in [0.2, 0.25) is 0 Å². The van der Waals surface area contributed by atoms with E-state index in [0.717, 1.165) is 7.11 Å². The standard InChI is InChI=1S/C24H33F3N2O7/c1-14(11-9-10-12-30)17-15(24(25,26)27)13-16(18(28-17)19(31)34-8)29(20(32)35-22(2,3)4)21(33)36-23(5,6)7/h13,30H,1,9-12H2,2-8H3. The van der Waals surface area contributed by atoms with Crippen LogP contribution in [-0.2, 0) is 20.4 Å². The summed E-state index contributed by atoms with van der Waals surface area (Å²) >= 11 is 0. The van der Waals surface area contributed by atoms with Crippen LogP contribution >= 0.6 is 0 Å². The van der Waals surface area contributed by atoms with E-state index in [-0.39, 0.29) is 23.5 Å². The van der Waals surface area contributed by atoms with Crippen molar-refractivity contribution in [2.75, 3.05) is 18.6 Å². The number of carbonyl (C=O) groups excluding carboxylic acids is 3. The van der Waals surface area contributed by atoms with Crippen LogP contribution in [0.5, 0.6) is 0 Å². The molecule has 1 aromatic rings. The van der Waals surface area contributed by atoms with E-state index < -0.39 is 58.2 Å². The lowest BCUT2D eigenvalue weighted by Gasteiger charge is -2.29. The number of nitrogens with zero attached hydrogens (tertiary/aromatic N) is 2. The number of aliphatic hydroxyl groups is 1. The Balaban J connectivity index is 3.93. The molecule has 36 heavy (non-hydrogen) atoms. The number of unbranched alkanes of at least 4 members (excludes halogenated alkanes) is 1. The third-order valence-electron chi connectivity index (χ3n) is 4.30. The molecule has 0 spiro atoms. The van der Waals surface area contributed by atoms with Gasteiger partial charge in [-0.3, -0.25) is 0 Å². The van der Waals surface area contributed by atoms with E-state index in [1.807, 2.05) is 0 Å². The zero-order chi connectivity index (χ0) is 28.1. The van der Waals surface area contributed by atoms with Crippen molar-refractivity contribution in [1.82, 2.24) is 4.98 Å². The molecule has 202 valence electrons. The zero-order valence-electron chi connectivity index (χ0n) is 21.5. The quantitative estimate of drug-likeness (QED) is 0.276. The molecule has 1 heterocycles. The van der Waals surface area contributed by atoms with Gasteiger partial charge in [0.05, 0.1) is 24.1 Å². The van der Waals surface area contributed by atoms with Crippen LogP contribution in [-0.4, -0.2) is 53.2 Å². The first-order chi connectivity index (χ1) is 16.3. The van der Waals surface area contributed by atoms with Gasteiger partial charge in [0.15, 0.2) is 5.69 Å². The number of aliphatic hydroxyl groups excluding tert-OH is 1. The topological polar surface area (TPSA) is 115 Å². The number of anilines is 1. The van der Waals surface area contributed by atoms with Crippen molar-refractivity contribution in [3.05, 3.63) is 29.6 Å². The molecule has 1 N–H and O–H groups in total. The second kappa shape index (κ2) is 11.7. The Morgan fingerprint density at radius 3 is 1.86 bits per heavy atom. The molecule has 0 aliphatic heterocycles. The minimum atomic E-state index is -5.00. The minimum absolute atomic E-state index is 0.0401. The highest BCUT2D eigenvalue weighted by Gasteiger charge is 2.41. The van der Waals surface area contributed by atoms with Gasteiger partial charge in [-0.05, 0) is 72.4 Å². The van der Waals surface area contributed by atoms with E-state index in [1.165, 1.54) is 41.5 Å². The summed E-state index contributed by atoms with van der Waals surface area (Å²) in [6, 6.07) is 0.444. The zero-order valence-corrected chi connectivity index (χ0v) is 21.5. The first-order valence-corrected chi connectivity index (χ1v) is 11.1. The number of halogens is 3. The van der Waals surface area contributed by atoms with E-state index in [2.05, 4.69) is 16.3 Å². The molecule has 0 aliphatic carbocycles. The molecular weight excluding hydrogens is 485 g/mol. The first kappa shape index (κ1) is 30.9. The number of ether oxygens (including phenoxy) is 3. The maximum absolute atomic E-state index is 14.1. The average molecular weight is 519 g/mol. The number of amides is 2. The van der Waals surface area contributed by atoms with Crippen molar-refractivity contribution in [2.45, 2.75) is 78.2 Å². The molecule has 0 aromatic carbocycles. The van der Waals surface area contributed by atoms with E-state index in [4.69, 9.17) is 14.6 Å². The first-order valence-electron chi connectivity index (χ1n) is 11.1. The van der Waals surface area contributed by atoms with Crippen molar-refractivity contribution >= 4 is 29.4 Å². The molecule has 0 bridgehead atoms. The number of esters is 1. The third-order valence-corrected chi connectivity index (χ3v) is 4.30. The minimum Gasteiger partial charge on any atom is -0.464 e. The molecule has 0 radical (unpaired) electrons. The Hall–Kier alpha value is -3.15. The van der Waals surface area contributed by atoms with Crippen molar-refractivity contribution < 1.29 is 46.9 Å². The SMILES string of the molecule is C=C(CCCCO)c1nc(C(=O)OC)c(N(C(=O)OC(C)(C)C)C(=O)OC(C)(C)C)cc1C(F)(F)F. The number of allylic oxidation sites excluding steroid dienone is 1. The smallest absolute Gasteiger partial charge is 0.424 e. The Morgan fingerprint density at radius 2 is 1.47 bits per heavy atom. The Morgan fingerprint density at radius 1 is 0.972 bits per heavy atom. The Labute approximate surface area is 208 Å². The normalized spacial score (nSPS) is 12.1. The van der Waals surface area contributed by atoms with Gasteiger partial charge in [0.1, 0.15) is 11.2 Å². The van der Waals surface area contributed by atoms with Gasteiger partial charge in [0.25, 0.3) is 0 Å². The molecule has 2 amide bonds. The number of methoxy groups -OCH3 is 1. The van der Waals surface area contributed by atoms with E-state index in [1.54, 1.807) is 0 Å². The molecular formula is C24H33F3N2O7. The third kappa shape index (κ3) is 8.81. The number of carbonyl (C=O) groups is 3. The van der Waals surface area contributed by atoms with Crippen LogP contribution in [0, 0.1) is 0 Å². The van der Waals surface area contributed by atoms with Gasteiger partial charge in [0, 0.05) is 6.61 Å². The summed E-state index contributed by atoms with van der Waals surface area (Å²) in [6.45, 7) is 12.4. The fraction of sp³-hybridized carbons (Fsp3) is 0.583. The lowest BCUT2D eigenvalue weighted by molar-refractivity contribution is -0.138. The molecule has 12 heteroatoms. The van der Waals surface area contributed by atoms with Gasteiger partial charge in [-0.1, -0.05) is 6.58 Å². The van der Waals surface area contributed by atoms with E-state index in [9.17, 15) is 27.6 Å². The van der Waals surface area contributed by atoms with Gasteiger partial charge >= 0.3 is 24.3 Å². The number of rotatable bonds is 7. The highest BCUT2D eigenvalue weighted by atomic mass is 19.4. The number of pyridine rings is 1. The van der Waals surface area contributed by atoms with Crippen molar-refractivity contribution in [2.24, 2.45) is 0 Å². The van der Waals surface area contributed by atoms with Gasteiger partial charge in [-0.2, -0.15) is 18.1 Å². The molecule has 0 atom stereocenters. The summed E-state index contributed by atoms with van der Waals surface area (Å²) in [5, 5.41) is 8.97. The molecule has 9 nitrogen and oxygen atoms in total. The summed E-state index contributed by atoms with van der Waals surface area (Å²) in [4.78, 5) is 42.6. The Bertz CT molecular complexity index is 965. The number of alkyl halides is 3. The van der Waals surface area contributed by atoms with Crippen LogP contribution in [0.2, 0.25) is 0 Å². The van der Waals surface area contributed by atoms with Crippen LogP contribution < -0.4 is 4.90 Å². The number of aromatic nitrogens is 1. The fourth-order valence-electron chi connectivity index (χ4n) is 2.86. The van der Waals surface area contributed by atoms with Crippen molar-refractivity contribution in [3.8, 4) is 0 Å². The molecule has 0 unspecified atom stereocenters. The molecule has 0 aliphatic rings. The van der Waals surface area contributed by atoms with Crippen LogP contribution in [0.3, 0.4) is 0 Å². The molecule has 0 saturated heterocycles. The largest absolute Gasteiger partial charge is 0.464 e. The molecule has 0 fully saturated rings. The summed E-state index contributed by atoms with van der Waals surface area (Å²) in [7, 11) is 0.965. The van der Waals surface area contributed by atoms with Crippen LogP contribution in [0.25, 0.3) is 5.57 Å². The van der Waals surface area contributed by atoms with Crippen LogP contribution in [0.4, 0.5) is 28.4 Å². The predicted molar refractivity (Wildman–Crippen MR) is 125 cm³/mol. The fourth-order valence-corrected chi connectivity index (χ4v) is 2.86. The lowest BCUT2D eigenvalue weighted by atomic mass is 10.00. The highest BCUT2D eigenvalue weighted by molar-refractivity contribution is 6.13. The summed E-state index contributed by atoms with van der Waals surface area (Å²) in [5.74, 6) is -1.21. The van der Waals surface area contributed by atoms with Gasteiger partial charge in [-0.25, -0.2) is 19.4 Å². The maximum atomic E-state index is 14.1. The number of imide groups is 1. The van der Waals surface area contributed by atoms with Crippen LogP contribution in [0.15, 0.2) is 12.6 Å². The summed E-state index contributed by atoms with van der Waals surface area (Å²) < 4.78 is 57.4. The average Bonchev–Trinajstić information content (AvgIpc) is 2.69. The second-order valence-corrected chi connectivity index (χ2v) is 9.82. The summed E-state index contributed by atoms with van der Waals surface area (Å²) in [5.41, 5.74) is -5.93. The maximum Gasteiger partial charge on any atom is 0.424 e. The predicted octanol–water partition coefficient (Wildman–Crippen LogP) is 5.74. The van der Waals surface area contributed by atoms with Gasteiger partial charge in [-0.15, -0.1) is 0 Å². The Kier molecular flexibility index (Phi) is 10.1. The van der Waals surface area contributed by atoms with Crippen molar-refractivity contribution in [1.29, 1.82) is 0 Å². The number of hydrogen-bond donors (Lipinski definition) is 1. The summed E-state index contributed by atoms with van der Waals surface area (Å²) in [6.07, 6.45) is -7.10. The number of hydrogen-bond acceptors (Lipinski definition) is 8. The highest BCUT2D eigenvalue weighted by Crippen LogP contribution is 2.39. The van der Waals surface area contributed by atoms with Crippen LogP contribution in [0.1, 0.15) is 82.6 Å². The van der Waals surface area contributed by atoms with Gasteiger partial charge < -0.3 is 19.3 Å². The van der Waals surface area contributed by atoms with E-state index in [0.29, 0.717) is 18.9 Å². The lowest BCUT2D eigenvalue weighted by Crippen LogP contribution is -2.44. The molecule has 0 saturated carbocycles. The second-order valence-electron chi connectivity index (χ2n) is 9.82. The molecule has 1 aromatic heterocycles. The molecule has 1 rings (SSSR count).